The normalized spacial score (nSPS) is 12.9. The van der Waals surface area contributed by atoms with E-state index in [1.807, 2.05) is 18.3 Å². The van der Waals surface area contributed by atoms with Gasteiger partial charge in [0.05, 0.1) is 5.92 Å². The molecule has 0 bridgehead atoms. The molecule has 1 heterocycles. The first-order chi connectivity index (χ1) is 10.8. The molecular formula is C20H25NO2. The number of aliphatic carboxylic acids is 1. The molecule has 1 aromatic carbocycles. The number of nitrogens with zero attached hydrogens (tertiary/aromatic N) is 1. The maximum atomic E-state index is 11.2. The van der Waals surface area contributed by atoms with Crippen molar-refractivity contribution in [2.24, 2.45) is 5.92 Å². The maximum Gasteiger partial charge on any atom is 0.306 e. The molecule has 3 nitrogen and oxygen atoms in total. The molecule has 0 aliphatic rings. The molecule has 0 saturated carbocycles. The van der Waals surface area contributed by atoms with Crippen LogP contribution in [0.4, 0.5) is 0 Å². The lowest BCUT2D eigenvalue weighted by Gasteiger charge is -2.27. The smallest absolute Gasteiger partial charge is 0.306 e. The third-order valence-electron chi connectivity index (χ3n) is 4.05. The summed E-state index contributed by atoms with van der Waals surface area (Å²) in [5.74, 6) is -1.13. The highest BCUT2D eigenvalue weighted by atomic mass is 16.4. The highest BCUT2D eigenvalue weighted by Crippen LogP contribution is 2.32. The van der Waals surface area contributed by atoms with Crippen molar-refractivity contribution in [3.8, 4) is 0 Å². The summed E-state index contributed by atoms with van der Waals surface area (Å²) >= 11 is 0. The molecule has 2 rings (SSSR count). The van der Waals surface area contributed by atoms with E-state index >= 15 is 0 Å². The SMILES string of the molecule is CC(Cc1cccc(Cc2cccnc2)c1C(C)(C)C)C(=O)O. The van der Waals surface area contributed by atoms with Gasteiger partial charge in [0.15, 0.2) is 0 Å². The number of benzene rings is 1. The standard InChI is InChI=1S/C20H25NO2/c1-14(19(22)23)11-16-8-5-9-17(18(16)20(2,3)4)12-15-7-6-10-21-13-15/h5-10,13-14H,11-12H2,1-4H3,(H,22,23). The van der Waals surface area contributed by atoms with Gasteiger partial charge in [-0.1, -0.05) is 52.0 Å². The summed E-state index contributed by atoms with van der Waals surface area (Å²) in [6.07, 6.45) is 5.04. The second-order valence-corrected chi connectivity index (χ2v) is 7.18. The first-order valence-electron chi connectivity index (χ1n) is 8.02. The molecule has 122 valence electrons. The van der Waals surface area contributed by atoms with Crippen LogP contribution in [0.3, 0.4) is 0 Å². The summed E-state index contributed by atoms with van der Waals surface area (Å²) < 4.78 is 0. The van der Waals surface area contributed by atoms with Gasteiger partial charge in [0.25, 0.3) is 0 Å². The highest BCUT2D eigenvalue weighted by Gasteiger charge is 2.24. The van der Waals surface area contributed by atoms with Gasteiger partial charge in [-0.15, -0.1) is 0 Å². The van der Waals surface area contributed by atoms with Crippen molar-refractivity contribution < 1.29 is 9.90 Å². The summed E-state index contributed by atoms with van der Waals surface area (Å²) in [6.45, 7) is 8.32. The number of pyridine rings is 1. The summed E-state index contributed by atoms with van der Waals surface area (Å²) in [6, 6.07) is 10.3. The molecule has 2 aromatic rings. The minimum Gasteiger partial charge on any atom is -0.481 e. The Balaban J connectivity index is 2.44. The van der Waals surface area contributed by atoms with Crippen LogP contribution < -0.4 is 0 Å². The van der Waals surface area contributed by atoms with Crippen LogP contribution in [0, 0.1) is 5.92 Å². The maximum absolute atomic E-state index is 11.2. The topological polar surface area (TPSA) is 50.2 Å². The lowest BCUT2D eigenvalue weighted by atomic mass is 9.77. The van der Waals surface area contributed by atoms with Gasteiger partial charge in [-0.05, 0) is 46.6 Å². The monoisotopic (exact) mass is 311 g/mol. The number of hydrogen-bond acceptors (Lipinski definition) is 2. The van der Waals surface area contributed by atoms with Crippen LogP contribution >= 0.6 is 0 Å². The Morgan fingerprint density at radius 2 is 1.87 bits per heavy atom. The van der Waals surface area contributed by atoms with E-state index in [2.05, 4.69) is 44.0 Å². The number of carboxylic acids is 1. The van der Waals surface area contributed by atoms with E-state index in [1.54, 1.807) is 13.1 Å². The third-order valence-corrected chi connectivity index (χ3v) is 4.05. The first kappa shape index (κ1) is 17.2. The van der Waals surface area contributed by atoms with Crippen molar-refractivity contribution in [2.45, 2.75) is 46.0 Å². The molecule has 1 N–H and O–H groups in total. The average molecular weight is 311 g/mol. The predicted octanol–water partition coefficient (Wildman–Crippen LogP) is 4.23. The number of carboxylic acid groups (broad SMARTS) is 1. The Kier molecular flexibility index (Phi) is 5.19. The van der Waals surface area contributed by atoms with Gasteiger partial charge in [-0.2, -0.15) is 0 Å². The zero-order chi connectivity index (χ0) is 17.0. The van der Waals surface area contributed by atoms with Crippen LogP contribution in [-0.4, -0.2) is 16.1 Å². The molecule has 1 atom stereocenters. The van der Waals surface area contributed by atoms with Crippen molar-refractivity contribution in [1.29, 1.82) is 0 Å². The second-order valence-electron chi connectivity index (χ2n) is 7.18. The van der Waals surface area contributed by atoms with Crippen molar-refractivity contribution >= 4 is 5.97 Å². The van der Waals surface area contributed by atoms with Crippen LogP contribution in [-0.2, 0) is 23.1 Å². The Morgan fingerprint density at radius 3 is 2.43 bits per heavy atom. The summed E-state index contributed by atoms with van der Waals surface area (Å²) in [5, 5.41) is 9.23. The fraction of sp³-hybridized carbons (Fsp3) is 0.400. The number of rotatable bonds is 5. The molecule has 0 amide bonds. The molecule has 1 aromatic heterocycles. The number of hydrogen-bond donors (Lipinski definition) is 1. The molecular weight excluding hydrogens is 286 g/mol. The fourth-order valence-electron chi connectivity index (χ4n) is 3.07. The van der Waals surface area contributed by atoms with Gasteiger partial charge in [0.1, 0.15) is 0 Å². The molecule has 0 saturated heterocycles. The van der Waals surface area contributed by atoms with Crippen LogP contribution in [0.2, 0.25) is 0 Å². The Hall–Kier alpha value is -2.16. The van der Waals surface area contributed by atoms with E-state index in [4.69, 9.17) is 0 Å². The van der Waals surface area contributed by atoms with Crippen molar-refractivity contribution in [3.05, 3.63) is 65.0 Å². The van der Waals surface area contributed by atoms with E-state index in [0.29, 0.717) is 6.42 Å². The zero-order valence-corrected chi connectivity index (χ0v) is 14.3. The second kappa shape index (κ2) is 6.95. The van der Waals surface area contributed by atoms with Gasteiger partial charge in [-0.3, -0.25) is 9.78 Å². The van der Waals surface area contributed by atoms with Crippen LogP contribution in [0.15, 0.2) is 42.7 Å². The largest absolute Gasteiger partial charge is 0.481 e. The minimum atomic E-state index is -0.748. The third kappa shape index (κ3) is 4.41. The van der Waals surface area contributed by atoms with Crippen molar-refractivity contribution in [2.75, 3.05) is 0 Å². The minimum absolute atomic E-state index is 0.0354. The Labute approximate surface area is 138 Å². The number of aromatic nitrogens is 1. The van der Waals surface area contributed by atoms with E-state index in [-0.39, 0.29) is 11.3 Å². The molecule has 1 unspecified atom stereocenters. The Bertz CT molecular complexity index is 672. The summed E-state index contributed by atoms with van der Waals surface area (Å²) in [7, 11) is 0. The van der Waals surface area contributed by atoms with Crippen LogP contribution in [0.5, 0.6) is 0 Å². The van der Waals surface area contributed by atoms with Gasteiger partial charge >= 0.3 is 5.97 Å². The average Bonchev–Trinajstić information content (AvgIpc) is 2.47. The van der Waals surface area contributed by atoms with E-state index in [9.17, 15) is 9.90 Å². The lowest BCUT2D eigenvalue weighted by Crippen LogP contribution is -2.21. The zero-order valence-electron chi connectivity index (χ0n) is 14.3. The van der Waals surface area contributed by atoms with E-state index in [1.165, 1.54) is 16.7 Å². The number of carbonyl (C=O) groups is 1. The quantitative estimate of drug-likeness (QED) is 0.899. The molecule has 0 aliphatic heterocycles. The first-order valence-corrected chi connectivity index (χ1v) is 8.02. The molecule has 3 heteroatoms. The van der Waals surface area contributed by atoms with Crippen molar-refractivity contribution in [1.82, 2.24) is 4.98 Å². The van der Waals surface area contributed by atoms with Gasteiger partial charge < -0.3 is 5.11 Å². The van der Waals surface area contributed by atoms with Gasteiger partial charge in [0.2, 0.25) is 0 Å². The van der Waals surface area contributed by atoms with Crippen LogP contribution in [0.1, 0.15) is 49.9 Å². The molecule has 23 heavy (non-hydrogen) atoms. The van der Waals surface area contributed by atoms with E-state index in [0.717, 1.165) is 12.0 Å². The lowest BCUT2D eigenvalue weighted by molar-refractivity contribution is -0.141. The van der Waals surface area contributed by atoms with Gasteiger partial charge in [-0.25, -0.2) is 0 Å². The highest BCUT2D eigenvalue weighted by molar-refractivity contribution is 5.70. The summed E-state index contributed by atoms with van der Waals surface area (Å²) in [5.41, 5.74) is 4.78. The molecule has 0 aliphatic carbocycles. The van der Waals surface area contributed by atoms with Crippen molar-refractivity contribution in [3.63, 3.8) is 0 Å². The molecule has 0 radical (unpaired) electrons. The van der Waals surface area contributed by atoms with Gasteiger partial charge in [0, 0.05) is 12.4 Å². The van der Waals surface area contributed by atoms with Crippen LogP contribution in [0.25, 0.3) is 0 Å². The summed E-state index contributed by atoms with van der Waals surface area (Å²) in [4.78, 5) is 15.4. The fourth-order valence-corrected chi connectivity index (χ4v) is 3.07. The van der Waals surface area contributed by atoms with E-state index < -0.39 is 5.97 Å². The Morgan fingerprint density at radius 1 is 1.17 bits per heavy atom. The predicted molar refractivity (Wildman–Crippen MR) is 92.7 cm³/mol. The molecule has 0 fully saturated rings. The molecule has 0 spiro atoms.